The summed E-state index contributed by atoms with van der Waals surface area (Å²) in [6, 6.07) is 5.86. The topological polar surface area (TPSA) is 68.5 Å². The van der Waals surface area contributed by atoms with Gasteiger partial charge in [0.1, 0.15) is 11.6 Å². The van der Waals surface area contributed by atoms with Gasteiger partial charge < -0.3 is 14.2 Å². The number of benzene rings is 1. The van der Waals surface area contributed by atoms with Crippen molar-refractivity contribution in [2.45, 2.75) is 32.1 Å². The van der Waals surface area contributed by atoms with Gasteiger partial charge in [-0.15, -0.1) is 0 Å². The van der Waals surface area contributed by atoms with Gasteiger partial charge >= 0.3 is 0 Å². The Hall–Kier alpha value is -2.44. The first-order valence-electron chi connectivity index (χ1n) is 8.14. The average Bonchev–Trinajstić information content (AvgIpc) is 3.25. The van der Waals surface area contributed by atoms with Crippen LogP contribution in [0.1, 0.15) is 37.4 Å². The third kappa shape index (κ3) is 3.90. The van der Waals surface area contributed by atoms with Crippen LogP contribution in [0.25, 0.3) is 0 Å². The van der Waals surface area contributed by atoms with Crippen LogP contribution in [0.2, 0.25) is 0 Å². The van der Waals surface area contributed by atoms with Gasteiger partial charge in [0.2, 0.25) is 11.8 Å². The zero-order valence-corrected chi connectivity index (χ0v) is 13.6. The minimum Gasteiger partial charge on any atom is -0.493 e. The molecule has 0 bridgehead atoms. The molecule has 0 radical (unpaired) electrons. The van der Waals surface area contributed by atoms with Gasteiger partial charge in [-0.3, -0.25) is 4.79 Å². The maximum atomic E-state index is 12.8. The first kappa shape index (κ1) is 16.4. The van der Waals surface area contributed by atoms with E-state index < -0.39 is 0 Å². The summed E-state index contributed by atoms with van der Waals surface area (Å²) in [5, 5.41) is 3.97. The summed E-state index contributed by atoms with van der Waals surface area (Å²) in [7, 11) is 0. The average molecular weight is 333 g/mol. The largest absolute Gasteiger partial charge is 0.493 e. The van der Waals surface area contributed by atoms with E-state index in [1.54, 1.807) is 12.1 Å². The number of carbonyl (C=O) groups excluding carboxylic acids is 1. The molecule has 7 heteroatoms. The van der Waals surface area contributed by atoms with Gasteiger partial charge in [0, 0.05) is 25.9 Å². The number of rotatable bonds is 6. The van der Waals surface area contributed by atoms with Crippen LogP contribution in [0.4, 0.5) is 4.39 Å². The van der Waals surface area contributed by atoms with Crippen molar-refractivity contribution in [3.05, 3.63) is 41.8 Å². The van der Waals surface area contributed by atoms with Crippen molar-refractivity contribution in [1.82, 2.24) is 15.0 Å². The SMILES string of the molecule is CCC(=O)N1CCC(c2nc(CCOc3ccc(F)cc3)no2)C1. The summed E-state index contributed by atoms with van der Waals surface area (Å²) in [5.74, 6) is 1.73. The van der Waals surface area contributed by atoms with Crippen LogP contribution < -0.4 is 4.74 Å². The van der Waals surface area contributed by atoms with Gasteiger partial charge in [0.15, 0.2) is 5.82 Å². The quantitative estimate of drug-likeness (QED) is 0.813. The minimum atomic E-state index is -0.294. The van der Waals surface area contributed by atoms with E-state index in [4.69, 9.17) is 9.26 Å². The number of likely N-dealkylation sites (tertiary alicyclic amines) is 1. The van der Waals surface area contributed by atoms with Crippen molar-refractivity contribution >= 4 is 5.91 Å². The lowest BCUT2D eigenvalue weighted by atomic mass is 10.1. The smallest absolute Gasteiger partial charge is 0.231 e. The Balaban J connectivity index is 1.49. The van der Waals surface area contributed by atoms with E-state index in [0.29, 0.717) is 43.5 Å². The van der Waals surface area contributed by atoms with Crippen molar-refractivity contribution in [3.63, 3.8) is 0 Å². The Morgan fingerprint density at radius 1 is 1.42 bits per heavy atom. The van der Waals surface area contributed by atoms with Gasteiger partial charge in [-0.1, -0.05) is 12.1 Å². The van der Waals surface area contributed by atoms with E-state index in [0.717, 1.165) is 13.0 Å². The van der Waals surface area contributed by atoms with Crippen LogP contribution in [-0.2, 0) is 11.2 Å². The van der Waals surface area contributed by atoms with Crippen LogP contribution in [0, 0.1) is 5.82 Å². The fourth-order valence-corrected chi connectivity index (χ4v) is 2.74. The molecular formula is C17H20FN3O3. The molecule has 0 N–H and O–H groups in total. The number of ether oxygens (including phenoxy) is 1. The number of hydrogen-bond acceptors (Lipinski definition) is 5. The molecule has 2 heterocycles. The van der Waals surface area contributed by atoms with Crippen molar-refractivity contribution in [2.75, 3.05) is 19.7 Å². The van der Waals surface area contributed by atoms with Gasteiger partial charge in [-0.25, -0.2) is 4.39 Å². The lowest BCUT2D eigenvalue weighted by Crippen LogP contribution is -2.27. The molecule has 1 aromatic carbocycles. The Bertz CT molecular complexity index is 687. The van der Waals surface area contributed by atoms with Crippen LogP contribution in [0.5, 0.6) is 5.75 Å². The van der Waals surface area contributed by atoms with E-state index in [2.05, 4.69) is 10.1 Å². The number of nitrogens with zero attached hydrogens (tertiary/aromatic N) is 3. The zero-order chi connectivity index (χ0) is 16.9. The summed E-state index contributed by atoms with van der Waals surface area (Å²) in [4.78, 5) is 18.0. The fraction of sp³-hybridized carbons (Fsp3) is 0.471. The van der Waals surface area contributed by atoms with Crippen LogP contribution in [0.15, 0.2) is 28.8 Å². The van der Waals surface area contributed by atoms with Crippen LogP contribution >= 0.6 is 0 Å². The number of amides is 1. The first-order chi connectivity index (χ1) is 11.7. The predicted molar refractivity (Wildman–Crippen MR) is 84.1 cm³/mol. The van der Waals surface area contributed by atoms with Gasteiger partial charge in [-0.2, -0.15) is 4.98 Å². The Morgan fingerprint density at radius 2 is 2.21 bits per heavy atom. The molecule has 1 fully saturated rings. The number of aromatic nitrogens is 2. The van der Waals surface area contributed by atoms with Crippen molar-refractivity contribution in [3.8, 4) is 5.75 Å². The molecule has 1 aliphatic rings. The molecule has 128 valence electrons. The predicted octanol–water partition coefficient (Wildman–Crippen LogP) is 2.56. The number of halogens is 1. The lowest BCUT2D eigenvalue weighted by molar-refractivity contribution is -0.129. The Morgan fingerprint density at radius 3 is 2.96 bits per heavy atom. The number of hydrogen-bond donors (Lipinski definition) is 0. The second-order valence-corrected chi connectivity index (χ2v) is 5.78. The third-order valence-corrected chi connectivity index (χ3v) is 4.08. The molecule has 1 saturated heterocycles. The molecular weight excluding hydrogens is 313 g/mol. The third-order valence-electron chi connectivity index (χ3n) is 4.08. The molecule has 6 nitrogen and oxygen atoms in total. The highest BCUT2D eigenvalue weighted by molar-refractivity contribution is 5.76. The number of carbonyl (C=O) groups is 1. The monoisotopic (exact) mass is 333 g/mol. The van der Waals surface area contributed by atoms with Gasteiger partial charge in [-0.05, 0) is 30.7 Å². The highest BCUT2D eigenvalue weighted by Gasteiger charge is 2.30. The highest BCUT2D eigenvalue weighted by Crippen LogP contribution is 2.26. The molecule has 1 amide bonds. The Kier molecular flexibility index (Phi) is 5.08. The van der Waals surface area contributed by atoms with Gasteiger partial charge in [0.05, 0.1) is 12.5 Å². The summed E-state index contributed by atoms with van der Waals surface area (Å²) >= 11 is 0. The molecule has 1 unspecified atom stereocenters. The van der Waals surface area contributed by atoms with Crippen LogP contribution in [-0.4, -0.2) is 40.6 Å². The highest BCUT2D eigenvalue weighted by atomic mass is 19.1. The second kappa shape index (κ2) is 7.42. The van der Waals surface area contributed by atoms with E-state index in [9.17, 15) is 9.18 Å². The normalized spacial score (nSPS) is 17.2. The standard InChI is InChI=1S/C17H20FN3O3/c1-2-16(22)21-9-7-12(11-21)17-19-15(20-24-17)8-10-23-14-5-3-13(18)4-6-14/h3-6,12H,2,7-11H2,1H3. The molecule has 1 atom stereocenters. The molecule has 0 aliphatic carbocycles. The minimum absolute atomic E-state index is 0.111. The Labute approximate surface area is 139 Å². The van der Waals surface area contributed by atoms with E-state index in [1.165, 1.54) is 12.1 Å². The van der Waals surface area contributed by atoms with Crippen LogP contribution in [0.3, 0.4) is 0 Å². The maximum absolute atomic E-state index is 12.8. The molecule has 1 aromatic heterocycles. The van der Waals surface area contributed by atoms with Crippen molar-refractivity contribution < 1.29 is 18.4 Å². The molecule has 0 saturated carbocycles. The first-order valence-corrected chi connectivity index (χ1v) is 8.14. The zero-order valence-electron chi connectivity index (χ0n) is 13.6. The summed E-state index contributed by atoms with van der Waals surface area (Å²) in [6.45, 7) is 3.63. The van der Waals surface area contributed by atoms with Crippen molar-refractivity contribution in [1.29, 1.82) is 0 Å². The summed E-state index contributed by atoms with van der Waals surface area (Å²) < 4.78 is 23.7. The fourth-order valence-electron chi connectivity index (χ4n) is 2.74. The lowest BCUT2D eigenvalue weighted by Gasteiger charge is -2.13. The van der Waals surface area contributed by atoms with Gasteiger partial charge in [0.25, 0.3) is 0 Å². The molecule has 1 aliphatic heterocycles. The van der Waals surface area contributed by atoms with E-state index in [-0.39, 0.29) is 17.6 Å². The maximum Gasteiger partial charge on any atom is 0.231 e. The van der Waals surface area contributed by atoms with E-state index >= 15 is 0 Å². The summed E-state index contributed by atoms with van der Waals surface area (Å²) in [5.41, 5.74) is 0. The molecule has 0 spiro atoms. The molecule has 24 heavy (non-hydrogen) atoms. The molecule has 2 aromatic rings. The van der Waals surface area contributed by atoms with Crippen molar-refractivity contribution in [2.24, 2.45) is 0 Å². The second-order valence-electron chi connectivity index (χ2n) is 5.78. The van der Waals surface area contributed by atoms with E-state index in [1.807, 2.05) is 11.8 Å². The molecule has 3 rings (SSSR count). The summed E-state index contributed by atoms with van der Waals surface area (Å²) in [6.07, 6.45) is 1.87.